The fourth-order valence-electron chi connectivity index (χ4n) is 3.13. The third-order valence-corrected chi connectivity index (χ3v) is 5.08. The topological polar surface area (TPSA) is 98.9 Å². The van der Waals surface area contributed by atoms with Crippen LogP contribution in [-0.2, 0) is 17.9 Å². The maximum absolute atomic E-state index is 14.1. The van der Waals surface area contributed by atoms with Gasteiger partial charge in [0, 0.05) is 23.1 Å². The van der Waals surface area contributed by atoms with E-state index in [1.54, 1.807) is 36.7 Å². The smallest absolute Gasteiger partial charge is 0.322 e. The molecule has 3 aromatic heterocycles. The third-order valence-electron chi connectivity index (χ3n) is 4.58. The average molecular weight is 484 g/mol. The molecule has 0 unspecified atom stereocenters. The van der Waals surface area contributed by atoms with Crippen molar-refractivity contribution < 1.29 is 9.18 Å². The number of carbonyl (C=O) groups is 1. The summed E-state index contributed by atoms with van der Waals surface area (Å²) >= 11 is 3.15. The summed E-state index contributed by atoms with van der Waals surface area (Å²) in [7, 11) is 0. The normalized spacial score (nSPS) is 10.9. The first-order chi connectivity index (χ1) is 14.9. The van der Waals surface area contributed by atoms with Gasteiger partial charge < -0.3 is 5.32 Å². The van der Waals surface area contributed by atoms with Gasteiger partial charge in [0.05, 0.1) is 17.7 Å². The summed E-state index contributed by atoms with van der Waals surface area (Å²) in [5.41, 5.74) is -0.290. The van der Waals surface area contributed by atoms with Gasteiger partial charge in [-0.1, -0.05) is 15.9 Å². The third kappa shape index (κ3) is 4.29. The molecule has 0 fully saturated rings. The summed E-state index contributed by atoms with van der Waals surface area (Å²) in [5, 5.41) is 2.45. The molecule has 0 aliphatic carbocycles. The molecule has 0 bridgehead atoms. The van der Waals surface area contributed by atoms with Crippen molar-refractivity contribution in [2.75, 3.05) is 5.32 Å². The lowest BCUT2D eigenvalue weighted by molar-refractivity contribution is -0.116. The first kappa shape index (κ1) is 20.6. The largest absolute Gasteiger partial charge is 0.332 e. The SMILES string of the molecule is O=C(Cn1c(=O)n(Cc2ccncc2)c(=O)c2ncccc21)Nc1ccc(Br)cc1F. The Morgan fingerprint density at radius 3 is 2.58 bits per heavy atom. The van der Waals surface area contributed by atoms with Crippen molar-refractivity contribution in [3.63, 3.8) is 0 Å². The summed E-state index contributed by atoms with van der Waals surface area (Å²) < 4.78 is 16.8. The van der Waals surface area contributed by atoms with Gasteiger partial charge in [0.25, 0.3) is 5.56 Å². The number of hydrogen-bond donors (Lipinski definition) is 1. The Hall–Kier alpha value is -3.66. The molecule has 31 heavy (non-hydrogen) atoms. The summed E-state index contributed by atoms with van der Waals surface area (Å²) in [6, 6.07) is 10.7. The van der Waals surface area contributed by atoms with E-state index >= 15 is 0 Å². The summed E-state index contributed by atoms with van der Waals surface area (Å²) in [5.74, 6) is -1.24. The number of rotatable bonds is 5. The van der Waals surface area contributed by atoms with E-state index in [9.17, 15) is 18.8 Å². The molecule has 4 rings (SSSR count). The van der Waals surface area contributed by atoms with E-state index in [4.69, 9.17) is 0 Å². The van der Waals surface area contributed by atoms with E-state index in [0.717, 1.165) is 9.13 Å². The maximum Gasteiger partial charge on any atom is 0.332 e. The summed E-state index contributed by atoms with van der Waals surface area (Å²) in [6.45, 7) is -0.428. The van der Waals surface area contributed by atoms with Crippen molar-refractivity contribution in [3.8, 4) is 0 Å². The number of nitrogens with zero attached hydrogens (tertiary/aromatic N) is 4. The van der Waals surface area contributed by atoms with Crippen molar-refractivity contribution in [1.29, 1.82) is 0 Å². The molecule has 0 spiro atoms. The molecular formula is C21H15BrFN5O3. The van der Waals surface area contributed by atoms with Gasteiger partial charge >= 0.3 is 5.69 Å². The molecule has 0 saturated heterocycles. The zero-order valence-electron chi connectivity index (χ0n) is 16.0. The van der Waals surface area contributed by atoms with Crippen LogP contribution in [0.5, 0.6) is 0 Å². The number of anilines is 1. The molecule has 156 valence electrons. The van der Waals surface area contributed by atoms with Crippen LogP contribution < -0.4 is 16.6 Å². The minimum atomic E-state index is -0.672. The molecule has 8 nitrogen and oxygen atoms in total. The first-order valence-electron chi connectivity index (χ1n) is 9.16. The van der Waals surface area contributed by atoms with Crippen LogP contribution in [0.2, 0.25) is 0 Å². The molecular weight excluding hydrogens is 469 g/mol. The molecule has 10 heteroatoms. The fraction of sp³-hybridized carbons (Fsp3) is 0.0952. The number of hydrogen-bond acceptors (Lipinski definition) is 5. The predicted octanol–water partition coefficient (Wildman–Crippen LogP) is 2.54. The summed E-state index contributed by atoms with van der Waals surface area (Å²) in [4.78, 5) is 46.6. The first-order valence-corrected chi connectivity index (χ1v) is 9.95. The molecule has 3 heterocycles. The van der Waals surface area contributed by atoms with Gasteiger partial charge in [-0.25, -0.2) is 14.2 Å². The van der Waals surface area contributed by atoms with E-state index in [0.29, 0.717) is 10.0 Å². The van der Waals surface area contributed by atoms with Crippen LogP contribution in [0, 0.1) is 5.82 Å². The Kier molecular flexibility index (Phi) is 5.72. The fourth-order valence-corrected chi connectivity index (χ4v) is 3.46. The molecule has 4 aromatic rings. The number of pyridine rings is 2. The highest BCUT2D eigenvalue weighted by molar-refractivity contribution is 9.10. The highest BCUT2D eigenvalue weighted by Crippen LogP contribution is 2.19. The van der Waals surface area contributed by atoms with E-state index < -0.39 is 29.5 Å². The zero-order valence-corrected chi connectivity index (χ0v) is 17.5. The number of nitrogens with one attached hydrogen (secondary N) is 1. The molecule has 1 amide bonds. The van der Waals surface area contributed by atoms with Crippen LogP contribution in [0.3, 0.4) is 0 Å². The van der Waals surface area contributed by atoms with Gasteiger partial charge in [0.15, 0.2) is 5.52 Å². The maximum atomic E-state index is 14.1. The highest BCUT2D eigenvalue weighted by Gasteiger charge is 2.17. The van der Waals surface area contributed by atoms with Crippen LogP contribution in [0.4, 0.5) is 10.1 Å². The Morgan fingerprint density at radius 2 is 1.84 bits per heavy atom. The second kappa shape index (κ2) is 8.60. The van der Waals surface area contributed by atoms with Crippen LogP contribution in [0.15, 0.2) is 75.1 Å². The standard InChI is InChI=1S/C21H15BrFN5O3/c22-14-3-4-16(15(23)10-14)26-18(29)12-27-17-2-1-7-25-19(17)20(30)28(21(27)31)11-13-5-8-24-9-6-13/h1-10H,11-12H2,(H,26,29). The second-order valence-electron chi connectivity index (χ2n) is 6.66. The number of amides is 1. The molecule has 1 aromatic carbocycles. The lowest BCUT2D eigenvalue weighted by Crippen LogP contribution is -2.42. The lowest BCUT2D eigenvalue weighted by Gasteiger charge is -2.14. The van der Waals surface area contributed by atoms with Gasteiger partial charge in [0.1, 0.15) is 12.4 Å². The van der Waals surface area contributed by atoms with Gasteiger partial charge in [-0.05, 0) is 48.0 Å². The molecule has 0 atom stereocenters. The monoisotopic (exact) mass is 483 g/mol. The average Bonchev–Trinajstić information content (AvgIpc) is 2.77. The van der Waals surface area contributed by atoms with Gasteiger partial charge in [0.2, 0.25) is 5.91 Å². The van der Waals surface area contributed by atoms with Crippen molar-refractivity contribution in [2.45, 2.75) is 13.1 Å². The Morgan fingerprint density at radius 1 is 1.06 bits per heavy atom. The van der Waals surface area contributed by atoms with E-state index in [1.165, 1.54) is 24.4 Å². The number of fused-ring (bicyclic) bond motifs is 1. The molecule has 0 aliphatic heterocycles. The Balaban J connectivity index is 1.75. The van der Waals surface area contributed by atoms with Crippen LogP contribution in [0.1, 0.15) is 5.56 Å². The predicted molar refractivity (Wildman–Crippen MR) is 116 cm³/mol. The van der Waals surface area contributed by atoms with Gasteiger partial charge in [-0.15, -0.1) is 0 Å². The van der Waals surface area contributed by atoms with Gasteiger partial charge in [-0.2, -0.15) is 0 Å². The molecule has 0 radical (unpaired) electrons. The molecule has 0 aliphatic rings. The quantitative estimate of drug-likeness (QED) is 0.470. The van der Waals surface area contributed by atoms with Crippen LogP contribution >= 0.6 is 15.9 Å². The van der Waals surface area contributed by atoms with Crippen molar-refractivity contribution in [3.05, 3.63) is 97.7 Å². The number of benzene rings is 1. The zero-order chi connectivity index (χ0) is 22.0. The van der Waals surface area contributed by atoms with Crippen molar-refractivity contribution >= 4 is 38.6 Å². The van der Waals surface area contributed by atoms with Crippen molar-refractivity contribution in [2.24, 2.45) is 0 Å². The second-order valence-corrected chi connectivity index (χ2v) is 7.57. The van der Waals surface area contributed by atoms with Gasteiger partial charge in [-0.3, -0.25) is 23.7 Å². The number of halogens is 2. The number of carbonyl (C=O) groups excluding carboxylic acids is 1. The van der Waals surface area contributed by atoms with E-state index in [1.807, 2.05) is 0 Å². The molecule has 0 saturated carbocycles. The summed E-state index contributed by atoms with van der Waals surface area (Å²) in [6.07, 6.45) is 4.55. The van der Waals surface area contributed by atoms with Crippen LogP contribution in [0.25, 0.3) is 11.0 Å². The van der Waals surface area contributed by atoms with E-state index in [2.05, 4.69) is 31.2 Å². The van der Waals surface area contributed by atoms with Crippen LogP contribution in [-0.4, -0.2) is 25.0 Å². The Bertz CT molecular complexity index is 1400. The minimum absolute atomic E-state index is 0.00431. The highest BCUT2D eigenvalue weighted by atomic mass is 79.9. The Labute approximate surface area is 183 Å². The van der Waals surface area contributed by atoms with Crippen molar-refractivity contribution in [1.82, 2.24) is 19.1 Å². The minimum Gasteiger partial charge on any atom is -0.322 e. The van der Waals surface area contributed by atoms with E-state index in [-0.39, 0.29) is 23.3 Å². The molecule has 1 N–H and O–H groups in total. The number of aromatic nitrogens is 4. The lowest BCUT2D eigenvalue weighted by atomic mass is 10.2.